The van der Waals surface area contributed by atoms with Gasteiger partial charge in [-0.2, -0.15) is 0 Å². The maximum atomic E-state index is 12.2. The van der Waals surface area contributed by atoms with Crippen molar-refractivity contribution in [3.63, 3.8) is 0 Å². The van der Waals surface area contributed by atoms with Crippen molar-refractivity contribution < 1.29 is 14.3 Å². The first-order valence-corrected chi connectivity index (χ1v) is 6.74. The van der Waals surface area contributed by atoms with Gasteiger partial charge in [0.05, 0.1) is 6.61 Å². The van der Waals surface area contributed by atoms with Crippen LogP contribution in [0.5, 0.6) is 0 Å². The molecule has 5 nitrogen and oxygen atoms in total. The standard InChI is InChI=1S/C15H22N2O3/c1-5-20-15(19)17-13(10(2)3)14(18)16-12-8-6-11(4)7-9-12/h6-10,13H,5H2,1-4H3,(H,16,18)(H,17,19)/t13-/m1/s1. The van der Waals surface area contributed by atoms with Gasteiger partial charge in [0.2, 0.25) is 5.91 Å². The molecule has 0 aliphatic carbocycles. The van der Waals surface area contributed by atoms with Crippen molar-refractivity contribution >= 4 is 17.7 Å². The first-order valence-electron chi connectivity index (χ1n) is 6.74. The number of anilines is 1. The Bertz CT molecular complexity index is 455. The third kappa shape index (κ3) is 4.91. The van der Waals surface area contributed by atoms with E-state index in [1.54, 1.807) is 6.92 Å². The lowest BCUT2D eigenvalue weighted by molar-refractivity contribution is -0.119. The van der Waals surface area contributed by atoms with Gasteiger partial charge in [0.15, 0.2) is 0 Å². The van der Waals surface area contributed by atoms with Crippen molar-refractivity contribution in [1.82, 2.24) is 5.32 Å². The van der Waals surface area contributed by atoms with Gasteiger partial charge in [0.1, 0.15) is 6.04 Å². The Hall–Kier alpha value is -2.04. The van der Waals surface area contributed by atoms with Gasteiger partial charge in [-0.1, -0.05) is 31.5 Å². The molecule has 0 fully saturated rings. The lowest BCUT2D eigenvalue weighted by Gasteiger charge is -2.21. The van der Waals surface area contributed by atoms with Crippen LogP contribution < -0.4 is 10.6 Å². The second-order valence-corrected chi connectivity index (χ2v) is 4.94. The van der Waals surface area contributed by atoms with Crippen LogP contribution in [0.15, 0.2) is 24.3 Å². The summed E-state index contributed by atoms with van der Waals surface area (Å²) in [6.07, 6.45) is -0.578. The quantitative estimate of drug-likeness (QED) is 0.870. The summed E-state index contributed by atoms with van der Waals surface area (Å²) < 4.78 is 4.81. The minimum Gasteiger partial charge on any atom is -0.450 e. The van der Waals surface area contributed by atoms with Crippen LogP contribution in [0.4, 0.5) is 10.5 Å². The molecule has 1 aromatic rings. The molecule has 1 atom stereocenters. The van der Waals surface area contributed by atoms with Crippen molar-refractivity contribution in [2.45, 2.75) is 33.7 Å². The molecule has 0 aliphatic rings. The Labute approximate surface area is 119 Å². The Balaban J connectivity index is 2.69. The minimum absolute atomic E-state index is 0.0372. The number of aryl methyl sites for hydroxylation is 1. The molecule has 5 heteroatoms. The lowest BCUT2D eigenvalue weighted by Crippen LogP contribution is -2.47. The summed E-state index contributed by atoms with van der Waals surface area (Å²) >= 11 is 0. The molecule has 0 unspecified atom stereocenters. The second kappa shape index (κ2) is 7.53. The van der Waals surface area contributed by atoms with Crippen LogP contribution in [0, 0.1) is 12.8 Å². The van der Waals surface area contributed by atoms with Crippen LogP contribution in [0.25, 0.3) is 0 Å². The molecule has 110 valence electrons. The van der Waals surface area contributed by atoms with Gasteiger partial charge in [-0.3, -0.25) is 4.79 Å². The van der Waals surface area contributed by atoms with E-state index in [1.807, 2.05) is 45.0 Å². The van der Waals surface area contributed by atoms with E-state index in [0.717, 1.165) is 5.56 Å². The zero-order valence-electron chi connectivity index (χ0n) is 12.4. The number of carbonyl (C=O) groups is 2. The van der Waals surface area contributed by atoms with Crippen molar-refractivity contribution in [2.75, 3.05) is 11.9 Å². The topological polar surface area (TPSA) is 67.4 Å². The molecule has 0 spiro atoms. The fraction of sp³-hybridized carbons (Fsp3) is 0.467. The van der Waals surface area contributed by atoms with E-state index in [-0.39, 0.29) is 18.4 Å². The molecule has 2 amide bonds. The van der Waals surface area contributed by atoms with E-state index < -0.39 is 12.1 Å². The number of hydrogen-bond acceptors (Lipinski definition) is 3. The average Bonchev–Trinajstić information content (AvgIpc) is 2.38. The first-order chi connectivity index (χ1) is 9.43. The summed E-state index contributed by atoms with van der Waals surface area (Å²) in [5, 5.41) is 5.36. The van der Waals surface area contributed by atoms with Gasteiger partial charge in [-0.05, 0) is 31.9 Å². The van der Waals surface area contributed by atoms with Crippen LogP contribution in [-0.2, 0) is 9.53 Å². The Kier molecular flexibility index (Phi) is 6.03. The third-order valence-corrected chi connectivity index (χ3v) is 2.82. The number of hydrogen-bond donors (Lipinski definition) is 2. The van der Waals surface area contributed by atoms with E-state index >= 15 is 0 Å². The minimum atomic E-state index is -0.629. The molecule has 0 radical (unpaired) electrons. The maximum Gasteiger partial charge on any atom is 0.407 e. The van der Waals surface area contributed by atoms with Crippen LogP contribution in [-0.4, -0.2) is 24.6 Å². The zero-order chi connectivity index (χ0) is 15.1. The van der Waals surface area contributed by atoms with Crippen LogP contribution in [0.2, 0.25) is 0 Å². The lowest BCUT2D eigenvalue weighted by atomic mass is 10.0. The predicted octanol–water partition coefficient (Wildman–Crippen LogP) is 2.70. The van der Waals surface area contributed by atoms with Gasteiger partial charge in [0.25, 0.3) is 0 Å². The molecule has 0 heterocycles. The summed E-state index contributed by atoms with van der Waals surface area (Å²) in [5.74, 6) is -0.290. The molecule has 1 rings (SSSR count). The van der Waals surface area contributed by atoms with Gasteiger partial charge < -0.3 is 15.4 Å². The van der Waals surface area contributed by atoms with Gasteiger partial charge in [-0.15, -0.1) is 0 Å². The second-order valence-electron chi connectivity index (χ2n) is 4.94. The fourth-order valence-electron chi connectivity index (χ4n) is 1.69. The number of nitrogens with one attached hydrogen (secondary N) is 2. The summed E-state index contributed by atoms with van der Waals surface area (Å²) in [5.41, 5.74) is 1.82. The van der Waals surface area contributed by atoms with Crippen LogP contribution >= 0.6 is 0 Å². The number of rotatable bonds is 5. The molecule has 0 saturated heterocycles. The van der Waals surface area contributed by atoms with Gasteiger partial charge >= 0.3 is 6.09 Å². The van der Waals surface area contributed by atoms with Crippen molar-refractivity contribution in [3.05, 3.63) is 29.8 Å². The monoisotopic (exact) mass is 278 g/mol. The average molecular weight is 278 g/mol. The molecule has 0 aliphatic heterocycles. The molecule has 20 heavy (non-hydrogen) atoms. The van der Waals surface area contributed by atoms with Crippen molar-refractivity contribution in [2.24, 2.45) is 5.92 Å². The summed E-state index contributed by atoms with van der Waals surface area (Å²) in [4.78, 5) is 23.6. The van der Waals surface area contributed by atoms with Gasteiger partial charge in [-0.25, -0.2) is 4.79 Å². The fourth-order valence-corrected chi connectivity index (χ4v) is 1.69. The number of alkyl carbamates (subject to hydrolysis) is 1. The Morgan fingerprint density at radius 2 is 1.80 bits per heavy atom. The highest BCUT2D eigenvalue weighted by Crippen LogP contribution is 2.11. The molecular weight excluding hydrogens is 256 g/mol. The number of benzene rings is 1. The highest BCUT2D eigenvalue weighted by molar-refractivity contribution is 5.96. The summed E-state index contributed by atoms with van der Waals surface area (Å²) in [6, 6.07) is 6.86. The van der Waals surface area contributed by atoms with Crippen molar-refractivity contribution in [3.8, 4) is 0 Å². The van der Waals surface area contributed by atoms with Crippen molar-refractivity contribution in [1.29, 1.82) is 0 Å². The number of ether oxygens (including phenoxy) is 1. The summed E-state index contributed by atoms with van der Waals surface area (Å²) in [6.45, 7) is 7.70. The predicted molar refractivity (Wildman–Crippen MR) is 78.6 cm³/mol. The summed E-state index contributed by atoms with van der Waals surface area (Å²) in [7, 11) is 0. The van der Waals surface area contributed by atoms with E-state index in [1.165, 1.54) is 0 Å². The normalized spacial score (nSPS) is 11.8. The highest BCUT2D eigenvalue weighted by Gasteiger charge is 2.24. The SMILES string of the molecule is CCOC(=O)N[C@@H](C(=O)Nc1ccc(C)cc1)C(C)C. The maximum absolute atomic E-state index is 12.2. The van der Waals surface area contributed by atoms with Crippen LogP contribution in [0.3, 0.4) is 0 Å². The van der Waals surface area contributed by atoms with Gasteiger partial charge in [0, 0.05) is 5.69 Å². The molecule has 2 N–H and O–H groups in total. The van der Waals surface area contributed by atoms with E-state index in [4.69, 9.17) is 4.74 Å². The number of amides is 2. The molecule has 0 aromatic heterocycles. The van der Waals surface area contributed by atoms with E-state index in [9.17, 15) is 9.59 Å². The van der Waals surface area contributed by atoms with Crippen LogP contribution in [0.1, 0.15) is 26.3 Å². The molecule has 0 bridgehead atoms. The molecular formula is C15H22N2O3. The third-order valence-electron chi connectivity index (χ3n) is 2.82. The first kappa shape index (κ1) is 16.0. The number of carbonyl (C=O) groups excluding carboxylic acids is 2. The molecule has 0 saturated carbocycles. The largest absolute Gasteiger partial charge is 0.450 e. The Morgan fingerprint density at radius 3 is 2.30 bits per heavy atom. The molecule has 1 aromatic carbocycles. The van der Waals surface area contributed by atoms with E-state index in [2.05, 4.69) is 10.6 Å². The highest BCUT2D eigenvalue weighted by atomic mass is 16.5. The smallest absolute Gasteiger partial charge is 0.407 e. The Morgan fingerprint density at radius 1 is 1.20 bits per heavy atom. The van der Waals surface area contributed by atoms with E-state index in [0.29, 0.717) is 5.69 Å². The zero-order valence-corrected chi connectivity index (χ0v) is 12.4.